The topological polar surface area (TPSA) is 38.7 Å². The molecule has 1 aromatic carbocycles. The first-order chi connectivity index (χ1) is 10.2. The first kappa shape index (κ1) is 16.1. The SMILES string of the molecule is CCCC(C)CC(OC(=O)c1ccccc1)C1=NCCS1. The number of nitrogens with zero attached hydrogens (tertiary/aromatic N) is 1. The molecule has 3 nitrogen and oxygen atoms in total. The fourth-order valence-corrected chi connectivity index (χ4v) is 3.40. The van der Waals surface area contributed by atoms with Gasteiger partial charge in [0.1, 0.15) is 11.1 Å². The van der Waals surface area contributed by atoms with Crippen LogP contribution in [-0.4, -0.2) is 29.4 Å². The van der Waals surface area contributed by atoms with Crippen LogP contribution in [0.25, 0.3) is 0 Å². The number of ether oxygens (including phenoxy) is 1. The maximum absolute atomic E-state index is 12.3. The van der Waals surface area contributed by atoms with Gasteiger partial charge in [0.2, 0.25) is 0 Å². The van der Waals surface area contributed by atoms with Gasteiger partial charge in [-0.15, -0.1) is 11.8 Å². The maximum Gasteiger partial charge on any atom is 0.338 e. The van der Waals surface area contributed by atoms with Crippen molar-refractivity contribution in [2.45, 2.75) is 39.2 Å². The van der Waals surface area contributed by atoms with E-state index in [1.165, 1.54) is 0 Å². The third-order valence-electron chi connectivity index (χ3n) is 3.54. The Balaban J connectivity index is 2.03. The number of carbonyl (C=O) groups is 1. The van der Waals surface area contributed by atoms with Crippen LogP contribution in [0.3, 0.4) is 0 Å². The zero-order chi connectivity index (χ0) is 15.1. The average Bonchev–Trinajstić information content (AvgIpc) is 3.02. The summed E-state index contributed by atoms with van der Waals surface area (Å²) in [5, 5.41) is 0.988. The van der Waals surface area contributed by atoms with Crippen molar-refractivity contribution in [1.82, 2.24) is 0 Å². The van der Waals surface area contributed by atoms with Crippen molar-refractivity contribution in [2.24, 2.45) is 10.9 Å². The van der Waals surface area contributed by atoms with E-state index in [0.717, 1.165) is 36.6 Å². The van der Waals surface area contributed by atoms with Crippen LogP contribution < -0.4 is 0 Å². The van der Waals surface area contributed by atoms with Crippen LogP contribution in [0.5, 0.6) is 0 Å². The van der Waals surface area contributed by atoms with Crippen molar-refractivity contribution in [3.63, 3.8) is 0 Å². The molecule has 1 aromatic rings. The predicted octanol–water partition coefficient (Wildman–Crippen LogP) is 4.18. The molecule has 2 atom stereocenters. The van der Waals surface area contributed by atoms with E-state index in [0.29, 0.717) is 11.5 Å². The van der Waals surface area contributed by atoms with Gasteiger partial charge in [-0.05, 0) is 24.5 Å². The second kappa shape index (κ2) is 8.23. The Morgan fingerprint density at radius 2 is 2.14 bits per heavy atom. The molecule has 0 amide bonds. The van der Waals surface area contributed by atoms with Crippen LogP contribution in [0.1, 0.15) is 43.5 Å². The smallest absolute Gasteiger partial charge is 0.338 e. The molecular weight excluding hydrogens is 282 g/mol. The van der Waals surface area contributed by atoms with Crippen molar-refractivity contribution in [3.8, 4) is 0 Å². The molecule has 0 saturated carbocycles. The van der Waals surface area contributed by atoms with E-state index in [9.17, 15) is 4.79 Å². The molecule has 0 aromatic heterocycles. The van der Waals surface area contributed by atoms with Gasteiger partial charge >= 0.3 is 5.97 Å². The van der Waals surface area contributed by atoms with Gasteiger partial charge in [-0.1, -0.05) is 44.9 Å². The van der Waals surface area contributed by atoms with Crippen molar-refractivity contribution in [3.05, 3.63) is 35.9 Å². The van der Waals surface area contributed by atoms with Gasteiger partial charge in [-0.25, -0.2) is 4.79 Å². The fraction of sp³-hybridized carbons (Fsp3) is 0.529. The number of hydrogen-bond donors (Lipinski definition) is 0. The Bertz CT molecular complexity index is 487. The first-order valence-corrected chi connectivity index (χ1v) is 8.62. The molecule has 21 heavy (non-hydrogen) atoms. The highest BCUT2D eigenvalue weighted by atomic mass is 32.2. The van der Waals surface area contributed by atoms with E-state index >= 15 is 0 Å². The number of rotatable bonds is 7. The second-order valence-corrected chi connectivity index (χ2v) is 6.57. The lowest BCUT2D eigenvalue weighted by Gasteiger charge is -2.21. The van der Waals surface area contributed by atoms with Gasteiger partial charge in [-0.2, -0.15) is 0 Å². The number of hydrogen-bond acceptors (Lipinski definition) is 4. The Morgan fingerprint density at radius 1 is 1.38 bits per heavy atom. The van der Waals surface area contributed by atoms with Crippen molar-refractivity contribution < 1.29 is 9.53 Å². The van der Waals surface area contributed by atoms with E-state index < -0.39 is 0 Å². The molecule has 0 bridgehead atoms. The molecular formula is C17H23NO2S. The molecule has 4 heteroatoms. The summed E-state index contributed by atoms with van der Waals surface area (Å²) in [6.07, 6.45) is 2.97. The number of benzene rings is 1. The van der Waals surface area contributed by atoms with Gasteiger partial charge < -0.3 is 4.74 Å². The summed E-state index contributed by atoms with van der Waals surface area (Å²) in [4.78, 5) is 16.8. The Morgan fingerprint density at radius 3 is 2.76 bits per heavy atom. The summed E-state index contributed by atoms with van der Waals surface area (Å²) >= 11 is 1.72. The van der Waals surface area contributed by atoms with Crippen LogP contribution in [0.2, 0.25) is 0 Å². The van der Waals surface area contributed by atoms with Gasteiger partial charge in [0.15, 0.2) is 0 Å². The lowest BCUT2D eigenvalue weighted by atomic mass is 9.99. The summed E-state index contributed by atoms with van der Waals surface area (Å²) < 4.78 is 5.75. The monoisotopic (exact) mass is 305 g/mol. The van der Waals surface area contributed by atoms with E-state index in [-0.39, 0.29) is 12.1 Å². The van der Waals surface area contributed by atoms with E-state index in [1.54, 1.807) is 23.9 Å². The molecule has 1 heterocycles. The molecule has 0 saturated heterocycles. The first-order valence-electron chi connectivity index (χ1n) is 7.64. The van der Waals surface area contributed by atoms with E-state index in [2.05, 4.69) is 18.8 Å². The fourth-order valence-electron chi connectivity index (χ4n) is 2.49. The highest BCUT2D eigenvalue weighted by Crippen LogP contribution is 2.24. The largest absolute Gasteiger partial charge is 0.452 e. The predicted molar refractivity (Wildman–Crippen MR) is 89.1 cm³/mol. The highest BCUT2D eigenvalue weighted by molar-refractivity contribution is 8.14. The third-order valence-corrected chi connectivity index (χ3v) is 4.62. The van der Waals surface area contributed by atoms with Gasteiger partial charge in [0.05, 0.1) is 5.56 Å². The molecule has 0 radical (unpaired) electrons. The van der Waals surface area contributed by atoms with Gasteiger partial charge in [0.25, 0.3) is 0 Å². The summed E-state index contributed by atoms with van der Waals surface area (Å²) in [6, 6.07) is 9.19. The minimum atomic E-state index is -0.250. The van der Waals surface area contributed by atoms with Crippen LogP contribution >= 0.6 is 11.8 Å². The Hall–Kier alpha value is -1.29. The van der Waals surface area contributed by atoms with Crippen LogP contribution in [0.15, 0.2) is 35.3 Å². The molecule has 0 N–H and O–H groups in total. The number of esters is 1. The number of aliphatic imine (C=N–C) groups is 1. The Kier molecular flexibility index (Phi) is 6.30. The zero-order valence-electron chi connectivity index (χ0n) is 12.7. The lowest BCUT2D eigenvalue weighted by molar-refractivity contribution is 0.0394. The van der Waals surface area contributed by atoms with Gasteiger partial charge in [-0.3, -0.25) is 4.99 Å². The normalized spacial score (nSPS) is 17.1. The molecule has 1 aliphatic rings. The average molecular weight is 305 g/mol. The minimum absolute atomic E-state index is 0.188. The van der Waals surface area contributed by atoms with Crippen molar-refractivity contribution in [2.75, 3.05) is 12.3 Å². The number of carbonyl (C=O) groups excluding carboxylic acids is 1. The summed E-state index contributed by atoms with van der Waals surface area (Å²) in [5.74, 6) is 1.28. The lowest BCUT2D eigenvalue weighted by Crippen LogP contribution is -2.27. The molecule has 2 unspecified atom stereocenters. The quantitative estimate of drug-likeness (QED) is 0.709. The highest BCUT2D eigenvalue weighted by Gasteiger charge is 2.26. The molecule has 114 valence electrons. The third kappa shape index (κ3) is 4.88. The van der Waals surface area contributed by atoms with Crippen LogP contribution in [-0.2, 0) is 4.74 Å². The molecule has 0 fully saturated rings. The standard InChI is InChI=1S/C17H23NO2S/c1-3-7-13(2)12-15(16-18-10-11-21-16)20-17(19)14-8-5-4-6-9-14/h4-6,8-9,13,15H,3,7,10-12H2,1-2H3. The summed E-state index contributed by atoms with van der Waals surface area (Å²) in [7, 11) is 0. The molecule has 0 spiro atoms. The van der Waals surface area contributed by atoms with E-state index in [4.69, 9.17) is 4.74 Å². The van der Waals surface area contributed by atoms with Crippen molar-refractivity contribution in [1.29, 1.82) is 0 Å². The van der Waals surface area contributed by atoms with Crippen molar-refractivity contribution >= 4 is 22.8 Å². The Labute approximate surface area is 131 Å². The number of thioether (sulfide) groups is 1. The molecule has 0 aliphatic carbocycles. The minimum Gasteiger partial charge on any atom is -0.452 e. The second-order valence-electron chi connectivity index (χ2n) is 5.46. The zero-order valence-corrected chi connectivity index (χ0v) is 13.6. The van der Waals surface area contributed by atoms with Crippen LogP contribution in [0, 0.1) is 5.92 Å². The molecule has 2 rings (SSSR count). The summed E-state index contributed by atoms with van der Waals surface area (Å²) in [6.45, 7) is 5.23. The van der Waals surface area contributed by atoms with E-state index in [1.807, 2.05) is 18.2 Å². The van der Waals surface area contributed by atoms with Crippen LogP contribution in [0.4, 0.5) is 0 Å². The summed E-state index contributed by atoms with van der Waals surface area (Å²) in [5.41, 5.74) is 0.606. The maximum atomic E-state index is 12.3. The molecule has 1 aliphatic heterocycles. The van der Waals surface area contributed by atoms with Gasteiger partial charge in [0, 0.05) is 12.3 Å².